The molecule has 1 atom stereocenters. The monoisotopic (exact) mass is 514 g/mol. The van der Waals surface area contributed by atoms with Gasteiger partial charge in [0.2, 0.25) is 0 Å². The molecule has 6 heteroatoms. The van der Waals surface area contributed by atoms with Crippen molar-refractivity contribution in [3.63, 3.8) is 0 Å². The van der Waals surface area contributed by atoms with Crippen LogP contribution in [-0.4, -0.2) is 27.8 Å². The molecule has 0 aromatic heterocycles. The van der Waals surface area contributed by atoms with Crippen molar-refractivity contribution < 1.29 is 16.8 Å². The largest absolute Gasteiger partial charge is 0.223 e. The summed E-state index contributed by atoms with van der Waals surface area (Å²) >= 11 is 0. The van der Waals surface area contributed by atoms with Crippen LogP contribution in [0.1, 0.15) is 58.1 Å². The van der Waals surface area contributed by atoms with Gasteiger partial charge in [-0.2, -0.15) is 0 Å². The van der Waals surface area contributed by atoms with Crippen LogP contribution >= 0.6 is 0 Å². The van der Waals surface area contributed by atoms with E-state index in [0.717, 1.165) is 35.1 Å². The molecule has 2 rings (SSSR count). The van der Waals surface area contributed by atoms with Gasteiger partial charge in [-0.15, -0.1) is 0 Å². The molecule has 0 saturated heterocycles. The topological polar surface area (TPSA) is 68.3 Å². The zero-order valence-electron chi connectivity index (χ0n) is 21.7. The first-order valence-corrected chi connectivity index (χ1v) is 15.1. The number of sulfone groups is 2. The Hall–Kier alpha value is -2.44. The molecule has 1 unspecified atom stereocenters. The summed E-state index contributed by atoms with van der Waals surface area (Å²) in [6.45, 7) is 11.7. The lowest BCUT2D eigenvalue weighted by atomic mass is 10.1. The Morgan fingerprint density at radius 1 is 0.743 bits per heavy atom. The molecule has 0 amide bonds. The van der Waals surface area contributed by atoms with E-state index in [1.807, 2.05) is 40.7 Å². The quantitative estimate of drug-likeness (QED) is 0.304. The van der Waals surface area contributed by atoms with Crippen molar-refractivity contribution >= 4 is 19.7 Å². The van der Waals surface area contributed by atoms with E-state index in [1.54, 1.807) is 61.5 Å². The molecule has 0 fully saturated rings. The maximum absolute atomic E-state index is 13.5. The van der Waals surface area contributed by atoms with Crippen molar-refractivity contribution in [2.75, 3.05) is 5.75 Å². The Morgan fingerprint density at radius 3 is 1.77 bits per heavy atom. The fourth-order valence-corrected chi connectivity index (χ4v) is 6.65. The second-order valence-corrected chi connectivity index (χ2v) is 13.8. The van der Waals surface area contributed by atoms with Crippen LogP contribution in [0.3, 0.4) is 0 Å². The molecule has 2 aromatic rings. The minimum absolute atomic E-state index is 0.164. The molecule has 35 heavy (non-hydrogen) atoms. The van der Waals surface area contributed by atoms with Crippen LogP contribution in [0.2, 0.25) is 0 Å². The van der Waals surface area contributed by atoms with E-state index < -0.39 is 24.9 Å². The second-order valence-electron chi connectivity index (χ2n) is 9.58. The number of allylic oxidation sites excluding steroid dienone is 4. The molecule has 0 N–H and O–H groups in total. The van der Waals surface area contributed by atoms with E-state index >= 15 is 0 Å². The van der Waals surface area contributed by atoms with Gasteiger partial charge >= 0.3 is 0 Å². The molecule has 0 heterocycles. The highest BCUT2D eigenvalue weighted by molar-refractivity contribution is 7.92. The van der Waals surface area contributed by atoms with Crippen molar-refractivity contribution in [1.82, 2.24) is 0 Å². The summed E-state index contributed by atoms with van der Waals surface area (Å²) in [6.07, 6.45) is 7.47. The van der Waals surface area contributed by atoms with E-state index in [9.17, 15) is 16.8 Å². The summed E-state index contributed by atoms with van der Waals surface area (Å²) in [6, 6.07) is 13.6. The first-order chi connectivity index (χ1) is 16.3. The van der Waals surface area contributed by atoms with Crippen molar-refractivity contribution in [3.8, 4) is 0 Å². The minimum Gasteiger partial charge on any atom is -0.223 e. The third-order valence-corrected chi connectivity index (χ3v) is 9.49. The van der Waals surface area contributed by atoms with Crippen LogP contribution in [0, 0.1) is 13.8 Å². The van der Waals surface area contributed by atoms with Crippen LogP contribution in [0.25, 0.3) is 0 Å². The highest BCUT2D eigenvalue weighted by Gasteiger charge is 2.26. The number of rotatable bonds is 11. The molecule has 4 nitrogen and oxygen atoms in total. The van der Waals surface area contributed by atoms with Crippen LogP contribution < -0.4 is 0 Å². The summed E-state index contributed by atoms with van der Waals surface area (Å²) in [4.78, 5) is 0.549. The lowest BCUT2D eigenvalue weighted by molar-refractivity contribution is 0.587. The fraction of sp³-hybridized carbons (Fsp3) is 0.379. The number of aryl methyl sites for hydroxylation is 2. The number of benzene rings is 2. The molecule has 0 aliphatic rings. The van der Waals surface area contributed by atoms with Gasteiger partial charge in [-0.05, 0) is 85.1 Å². The average Bonchev–Trinajstić information content (AvgIpc) is 2.77. The van der Waals surface area contributed by atoms with E-state index in [1.165, 1.54) is 5.57 Å². The lowest BCUT2D eigenvalue weighted by Crippen LogP contribution is -2.20. The lowest BCUT2D eigenvalue weighted by Gasteiger charge is -2.17. The van der Waals surface area contributed by atoms with E-state index in [4.69, 9.17) is 0 Å². The second kappa shape index (κ2) is 12.5. The Labute approximate surface area is 212 Å². The minimum atomic E-state index is -3.64. The first kappa shape index (κ1) is 28.8. The van der Waals surface area contributed by atoms with Gasteiger partial charge in [-0.25, -0.2) is 16.8 Å². The highest BCUT2D eigenvalue weighted by Crippen LogP contribution is 2.25. The van der Waals surface area contributed by atoms with Gasteiger partial charge in [0.05, 0.1) is 20.8 Å². The van der Waals surface area contributed by atoms with E-state index in [-0.39, 0.29) is 22.0 Å². The summed E-state index contributed by atoms with van der Waals surface area (Å²) in [5, 5.41) is -0.768. The van der Waals surface area contributed by atoms with Gasteiger partial charge < -0.3 is 0 Å². The molecule has 0 saturated carbocycles. The molecular weight excluding hydrogens is 476 g/mol. The predicted molar refractivity (Wildman–Crippen MR) is 146 cm³/mol. The summed E-state index contributed by atoms with van der Waals surface area (Å²) in [5.74, 6) is -0.164. The average molecular weight is 515 g/mol. The van der Waals surface area contributed by atoms with Crippen LogP contribution in [0.4, 0.5) is 0 Å². The predicted octanol–water partition coefficient (Wildman–Crippen LogP) is 6.95. The van der Waals surface area contributed by atoms with E-state index in [0.29, 0.717) is 0 Å². The fourth-order valence-electron chi connectivity index (χ4n) is 3.64. The smallest absolute Gasteiger partial charge is 0.185 e. The molecule has 0 spiro atoms. The van der Waals surface area contributed by atoms with Gasteiger partial charge in [-0.3, -0.25) is 0 Å². The third-order valence-electron chi connectivity index (χ3n) is 5.86. The SMILES string of the molecule is CC(C)=CCC/C(C)=C/C(CC(C)=CCS(=O)(=O)c1ccc(C)cc1)S(=O)(=O)c1ccc(C)cc1. The molecular formula is C29H38O4S2. The molecule has 0 bridgehead atoms. The highest BCUT2D eigenvalue weighted by atomic mass is 32.2. The normalized spacial score (nSPS) is 14.0. The Kier molecular flexibility index (Phi) is 10.3. The molecule has 0 aliphatic carbocycles. The van der Waals surface area contributed by atoms with Crippen LogP contribution in [-0.2, 0) is 19.7 Å². The van der Waals surface area contributed by atoms with Crippen LogP contribution in [0.5, 0.6) is 0 Å². The number of hydrogen-bond acceptors (Lipinski definition) is 4. The first-order valence-electron chi connectivity index (χ1n) is 11.9. The Morgan fingerprint density at radius 2 is 1.26 bits per heavy atom. The summed E-state index contributed by atoms with van der Waals surface area (Å²) < 4.78 is 52.6. The third kappa shape index (κ3) is 8.93. The summed E-state index contributed by atoms with van der Waals surface area (Å²) in [5.41, 5.74) is 4.95. The maximum Gasteiger partial charge on any atom is 0.185 e. The van der Waals surface area contributed by atoms with Crippen LogP contribution in [0.15, 0.2) is 93.3 Å². The molecule has 2 aromatic carbocycles. The van der Waals surface area contributed by atoms with Gasteiger partial charge in [-0.1, -0.05) is 70.3 Å². The molecule has 190 valence electrons. The van der Waals surface area contributed by atoms with Gasteiger partial charge in [0.25, 0.3) is 0 Å². The van der Waals surface area contributed by atoms with Crippen molar-refractivity contribution in [1.29, 1.82) is 0 Å². The molecule has 0 radical (unpaired) electrons. The van der Waals surface area contributed by atoms with Gasteiger partial charge in [0.15, 0.2) is 19.7 Å². The van der Waals surface area contributed by atoms with Crippen molar-refractivity contribution in [3.05, 3.63) is 94.6 Å². The molecule has 0 aliphatic heterocycles. The van der Waals surface area contributed by atoms with Crippen molar-refractivity contribution in [2.45, 2.75) is 75.8 Å². The number of hydrogen-bond donors (Lipinski definition) is 0. The van der Waals surface area contributed by atoms with Gasteiger partial charge in [0.1, 0.15) is 0 Å². The Balaban J connectivity index is 2.32. The zero-order valence-corrected chi connectivity index (χ0v) is 23.3. The summed E-state index contributed by atoms with van der Waals surface area (Å²) in [7, 11) is -7.13. The Bertz CT molecular complexity index is 1290. The van der Waals surface area contributed by atoms with E-state index in [2.05, 4.69) is 6.08 Å². The van der Waals surface area contributed by atoms with Gasteiger partial charge in [0, 0.05) is 0 Å². The van der Waals surface area contributed by atoms with Crippen molar-refractivity contribution in [2.24, 2.45) is 0 Å². The maximum atomic E-state index is 13.5. The zero-order chi connectivity index (χ0) is 26.2. The standard InChI is InChI=1S/C29H38O4S2/c1-22(2)8-7-9-25(5)20-29(35(32,33)28-16-12-24(4)13-17-28)21-26(6)18-19-34(30,31)27-14-10-23(3)11-15-27/h8,10-18,20,29H,7,9,19,21H2,1-6H3/b25-20+,26-18?.